The summed E-state index contributed by atoms with van der Waals surface area (Å²) >= 11 is 1.64. The third-order valence-corrected chi connectivity index (χ3v) is 8.41. The molecule has 0 spiro atoms. The average molecular weight is 657 g/mol. The first-order chi connectivity index (χ1) is 22.2. The molecule has 0 bridgehead atoms. The van der Waals surface area contributed by atoms with Crippen molar-refractivity contribution >= 4 is 23.3 Å². The Balaban J connectivity index is 0.000000617. The summed E-state index contributed by atoms with van der Waals surface area (Å²) in [6, 6.07) is 19.4. The molecule has 2 heterocycles. The number of nitrogens with zero attached hydrogens (tertiary/aromatic N) is 4. The van der Waals surface area contributed by atoms with Crippen molar-refractivity contribution in [2.24, 2.45) is 0 Å². The Bertz CT molecular complexity index is 1470. The predicted octanol–water partition coefficient (Wildman–Crippen LogP) is 6.86. The van der Waals surface area contributed by atoms with Crippen molar-refractivity contribution in [3.63, 3.8) is 0 Å². The molecule has 2 amide bonds. The molecular formula is C33H39F3N6O3S. The van der Waals surface area contributed by atoms with Crippen LogP contribution in [0.1, 0.15) is 55.3 Å². The van der Waals surface area contributed by atoms with E-state index in [-0.39, 0.29) is 12.1 Å². The molecule has 46 heavy (non-hydrogen) atoms. The van der Waals surface area contributed by atoms with Gasteiger partial charge in [0.25, 0.3) is 0 Å². The number of nitrogens with one attached hydrogen (secondary N) is 2. The van der Waals surface area contributed by atoms with E-state index < -0.39 is 12.1 Å². The minimum atomic E-state index is -5.08. The first-order valence-corrected chi connectivity index (χ1v) is 16.1. The third-order valence-electron chi connectivity index (χ3n) is 7.47. The Morgan fingerprint density at radius 1 is 1.00 bits per heavy atom. The smallest absolute Gasteiger partial charge is 0.475 e. The van der Waals surface area contributed by atoms with Crippen LogP contribution < -0.4 is 10.6 Å². The van der Waals surface area contributed by atoms with Crippen molar-refractivity contribution in [1.29, 1.82) is 0 Å². The highest BCUT2D eigenvalue weighted by Gasteiger charge is 2.38. The quantitative estimate of drug-likeness (QED) is 0.154. The molecule has 2 aromatic heterocycles. The van der Waals surface area contributed by atoms with Gasteiger partial charge >= 0.3 is 18.2 Å². The van der Waals surface area contributed by atoms with E-state index in [1.807, 2.05) is 23.5 Å². The highest BCUT2D eigenvalue weighted by Crippen LogP contribution is 2.25. The molecule has 1 aliphatic rings. The van der Waals surface area contributed by atoms with E-state index in [9.17, 15) is 18.0 Å². The van der Waals surface area contributed by atoms with Crippen LogP contribution in [-0.4, -0.2) is 55.3 Å². The van der Waals surface area contributed by atoms with Gasteiger partial charge < -0.3 is 25.2 Å². The SMILES string of the molecule is O=C(NC1CCCCC1)N(CCCn1ccnc1)Cc1csc(-c2ccc(CNCc3ccccc3)cc2)n1.O=C(O)C(F)(F)F. The van der Waals surface area contributed by atoms with Crippen LogP contribution in [0, 0.1) is 0 Å². The number of imidazole rings is 1. The second kappa shape index (κ2) is 17.5. The van der Waals surface area contributed by atoms with E-state index in [1.165, 1.54) is 30.4 Å². The summed E-state index contributed by atoms with van der Waals surface area (Å²) in [6.45, 7) is 3.70. The Morgan fingerprint density at radius 3 is 2.30 bits per heavy atom. The number of thiazole rings is 1. The Morgan fingerprint density at radius 2 is 1.67 bits per heavy atom. The molecule has 0 radical (unpaired) electrons. The summed E-state index contributed by atoms with van der Waals surface area (Å²) in [5.74, 6) is -2.76. The number of aromatic nitrogens is 3. The molecule has 9 nitrogen and oxygen atoms in total. The summed E-state index contributed by atoms with van der Waals surface area (Å²) in [4.78, 5) is 33.1. The summed E-state index contributed by atoms with van der Waals surface area (Å²) < 4.78 is 33.8. The number of carbonyl (C=O) groups excluding carboxylic acids is 1. The summed E-state index contributed by atoms with van der Waals surface area (Å²) in [6.07, 6.45) is 7.18. The van der Waals surface area contributed by atoms with E-state index >= 15 is 0 Å². The molecule has 0 saturated heterocycles. The maximum Gasteiger partial charge on any atom is 0.490 e. The molecule has 4 aromatic rings. The molecular weight excluding hydrogens is 617 g/mol. The van der Waals surface area contributed by atoms with Crippen molar-refractivity contribution < 1.29 is 27.9 Å². The number of hydrogen-bond acceptors (Lipinski definition) is 6. The first-order valence-electron chi connectivity index (χ1n) is 15.3. The number of carboxylic acid groups (broad SMARTS) is 1. The van der Waals surface area contributed by atoms with Gasteiger partial charge in [0.2, 0.25) is 0 Å². The van der Waals surface area contributed by atoms with Gasteiger partial charge in [-0.05, 0) is 30.4 Å². The van der Waals surface area contributed by atoms with Crippen molar-refractivity contribution in [2.45, 2.75) is 76.9 Å². The minimum absolute atomic E-state index is 0.0226. The maximum atomic E-state index is 13.3. The normalized spacial score (nSPS) is 13.5. The lowest BCUT2D eigenvalue weighted by atomic mass is 9.96. The number of hydrogen-bond donors (Lipinski definition) is 3. The monoisotopic (exact) mass is 656 g/mol. The van der Waals surface area contributed by atoms with Crippen LogP contribution in [0.15, 0.2) is 78.7 Å². The maximum absolute atomic E-state index is 13.3. The predicted molar refractivity (Wildman–Crippen MR) is 171 cm³/mol. The molecule has 1 fully saturated rings. The lowest BCUT2D eigenvalue weighted by Crippen LogP contribution is -2.45. The van der Waals surface area contributed by atoms with Crippen molar-refractivity contribution in [1.82, 2.24) is 30.1 Å². The number of urea groups is 1. The van der Waals surface area contributed by atoms with Gasteiger partial charge in [-0.15, -0.1) is 11.3 Å². The van der Waals surface area contributed by atoms with Crippen LogP contribution in [0.25, 0.3) is 10.6 Å². The highest BCUT2D eigenvalue weighted by molar-refractivity contribution is 7.13. The Kier molecular flexibility index (Phi) is 13.1. The molecule has 1 saturated carbocycles. The highest BCUT2D eigenvalue weighted by atomic mass is 32.1. The Hall–Kier alpha value is -4.23. The van der Waals surface area contributed by atoms with Gasteiger partial charge in [0.05, 0.1) is 18.6 Å². The molecule has 3 N–H and O–H groups in total. The van der Waals surface area contributed by atoms with Crippen LogP contribution in [0.5, 0.6) is 0 Å². The molecule has 246 valence electrons. The number of benzene rings is 2. The van der Waals surface area contributed by atoms with E-state index in [1.54, 1.807) is 17.5 Å². The molecule has 2 aromatic carbocycles. The van der Waals surface area contributed by atoms with E-state index in [4.69, 9.17) is 14.9 Å². The van der Waals surface area contributed by atoms with Gasteiger partial charge in [0.15, 0.2) is 0 Å². The van der Waals surface area contributed by atoms with Crippen LogP contribution in [0.3, 0.4) is 0 Å². The second-order valence-electron chi connectivity index (χ2n) is 11.1. The molecule has 5 rings (SSSR count). The van der Waals surface area contributed by atoms with Crippen molar-refractivity contribution in [2.75, 3.05) is 6.54 Å². The van der Waals surface area contributed by atoms with Crippen LogP contribution >= 0.6 is 11.3 Å². The summed E-state index contributed by atoms with van der Waals surface area (Å²) in [7, 11) is 0. The molecule has 0 atom stereocenters. The number of carboxylic acids is 1. The second-order valence-corrected chi connectivity index (χ2v) is 12.0. The Labute approximate surface area is 270 Å². The van der Waals surface area contributed by atoms with Gasteiger partial charge in [-0.25, -0.2) is 19.6 Å². The van der Waals surface area contributed by atoms with Crippen molar-refractivity contribution in [3.05, 3.63) is 95.5 Å². The fourth-order valence-electron chi connectivity index (χ4n) is 5.05. The van der Waals surface area contributed by atoms with E-state index in [2.05, 4.69) is 74.1 Å². The zero-order valence-corrected chi connectivity index (χ0v) is 26.3. The number of amides is 2. The number of aliphatic carboxylic acids is 1. The number of rotatable bonds is 12. The average Bonchev–Trinajstić information content (AvgIpc) is 3.75. The van der Waals surface area contributed by atoms with E-state index in [0.717, 1.165) is 55.2 Å². The summed E-state index contributed by atoms with van der Waals surface area (Å²) in [5.41, 5.74) is 4.57. The fourth-order valence-corrected chi connectivity index (χ4v) is 5.87. The van der Waals surface area contributed by atoms with Crippen LogP contribution in [0.4, 0.5) is 18.0 Å². The molecule has 0 unspecified atom stereocenters. The lowest BCUT2D eigenvalue weighted by Gasteiger charge is -2.28. The number of halogens is 3. The third kappa shape index (κ3) is 11.6. The molecule has 0 aliphatic heterocycles. The van der Waals surface area contributed by atoms with Crippen LogP contribution in [-0.2, 0) is 31.0 Å². The fraction of sp³-hybridized carbons (Fsp3) is 0.394. The van der Waals surface area contributed by atoms with Gasteiger partial charge in [0.1, 0.15) is 5.01 Å². The zero-order valence-electron chi connectivity index (χ0n) is 25.5. The van der Waals surface area contributed by atoms with Gasteiger partial charge in [-0.1, -0.05) is 73.9 Å². The lowest BCUT2D eigenvalue weighted by molar-refractivity contribution is -0.192. The van der Waals surface area contributed by atoms with Gasteiger partial charge in [0, 0.05) is 55.6 Å². The molecule has 13 heteroatoms. The minimum Gasteiger partial charge on any atom is -0.475 e. The molecule has 1 aliphatic carbocycles. The zero-order chi connectivity index (χ0) is 32.8. The van der Waals surface area contributed by atoms with Gasteiger partial charge in [-0.3, -0.25) is 0 Å². The topological polar surface area (TPSA) is 112 Å². The first kappa shape index (κ1) is 34.6. The number of aryl methyl sites for hydroxylation is 1. The number of carbonyl (C=O) groups is 2. The largest absolute Gasteiger partial charge is 0.490 e. The van der Waals surface area contributed by atoms with Crippen molar-refractivity contribution in [3.8, 4) is 10.6 Å². The van der Waals surface area contributed by atoms with Crippen LogP contribution in [0.2, 0.25) is 0 Å². The van der Waals surface area contributed by atoms with E-state index in [0.29, 0.717) is 13.1 Å². The summed E-state index contributed by atoms with van der Waals surface area (Å²) in [5, 5.41) is 17.0. The van der Waals surface area contributed by atoms with Gasteiger partial charge in [-0.2, -0.15) is 13.2 Å². The number of alkyl halides is 3. The standard InChI is InChI=1S/C31H38N6OS.C2HF3O2/c38-31(35-28-10-5-2-6-11-28)37(18-7-17-36-19-16-32-24-36)22-29-23-39-30(34-29)27-14-12-26(13-15-27)21-33-20-25-8-3-1-4-9-25;3-2(4,5)1(6)7/h1,3-4,8-9,12-16,19,23-24,28,33H,2,5-7,10-11,17-18,20-22H2,(H,35,38);(H,6,7).